The van der Waals surface area contributed by atoms with Crippen molar-refractivity contribution in [3.05, 3.63) is 0 Å². The average Bonchev–Trinajstić information content (AvgIpc) is 2.03. The van der Waals surface area contributed by atoms with Crippen LogP contribution in [0.15, 0.2) is 0 Å². The summed E-state index contributed by atoms with van der Waals surface area (Å²) in [6.07, 6.45) is 0.554. The summed E-state index contributed by atoms with van der Waals surface area (Å²) in [6, 6.07) is -0.269. The summed E-state index contributed by atoms with van der Waals surface area (Å²) >= 11 is 0. The second-order valence-corrected chi connectivity index (χ2v) is 4.38. The Balaban J connectivity index is 4.13. The second kappa shape index (κ2) is 7.13. The van der Waals surface area contributed by atoms with Crippen LogP contribution in [0.3, 0.4) is 0 Å². The molecule has 0 amide bonds. The zero-order valence-electron chi connectivity index (χ0n) is 8.62. The van der Waals surface area contributed by atoms with Gasteiger partial charge in [-0.05, 0) is 13.0 Å². The molecule has 0 aliphatic rings. The largest absolute Gasteiger partial charge is 0.383 e. The fourth-order valence-corrected chi connectivity index (χ4v) is 2.12. The minimum Gasteiger partial charge on any atom is -0.383 e. The molecule has 4 N–H and O–H groups in total. The van der Waals surface area contributed by atoms with Crippen molar-refractivity contribution in [3.63, 3.8) is 0 Å². The van der Waals surface area contributed by atoms with Crippen molar-refractivity contribution < 1.29 is 13.2 Å². The summed E-state index contributed by atoms with van der Waals surface area (Å²) in [5.41, 5.74) is 5.34. The lowest BCUT2D eigenvalue weighted by atomic mass is 10.2. The SMILES string of the molecule is CCNS(=O)(=O)NC(CCN)COC. The summed E-state index contributed by atoms with van der Waals surface area (Å²) in [5, 5.41) is 0. The Morgan fingerprint density at radius 1 is 1.50 bits per heavy atom. The molecule has 14 heavy (non-hydrogen) atoms. The lowest BCUT2D eigenvalue weighted by Gasteiger charge is -2.16. The van der Waals surface area contributed by atoms with Gasteiger partial charge >= 0.3 is 0 Å². The van der Waals surface area contributed by atoms with Gasteiger partial charge in [0.15, 0.2) is 0 Å². The number of nitrogens with one attached hydrogen (secondary N) is 2. The molecule has 0 bridgehead atoms. The second-order valence-electron chi connectivity index (χ2n) is 2.85. The van der Waals surface area contributed by atoms with Gasteiger partial charge in [0.2, 0.25) is 0 Å². The van der Waals surface area contributed by atoms with Crippen LogP contribution in [0.5, 0.6) is 0 Å². The number of methoxy groups -OCH3 is 1. The molecule has 7 heteroatoms. The Kier molecular flexibility index (Phi) is 7.02. The predicted octanol–water partition coefficient (Wildman–Crippen LogP) is -1.21. The van der Waals surface area contributed by atoms with Gasteiger partial charge in [-0.2, -0.15) is 13.1 Å². The van der Waals surface area contributed by atoms with E-state index in [0.717, 1.165) is 0 Å². The first-order valence-corrected chi connectivity index (χ1v) is 6.00. The van der Waals surface area contributed by atoms with E-state index in [9.17, 15) is 8.42 Å². The van der Waals surface area contributed by atoms with Crippen LogP contribution in [0, 0.1) is 0 Å². The Morgan fingerprint density at radius 2 is 2.14 bits per heavy atom. The zero-order chi connectivity index (χ0) is 11.0. The molecule has 0 aromatic rings. The van der Waals surface area contributed by atoms with E-state index in [1.807, 2.05) is 0 Å². The van der Waals surface area contributed by atoms with Gasteiger partial charge < -0.3 is 10.5 Å². The molecular weight excluding hydrogens is 206 g/mol. The van der Waals surface area contributed by atoms with E-state index in [0.29, 0.717) is 26.1 Å². The molecule has 0 spiro atoms. The Morgan fingerprint density at radius 3 is 2.57 bits per heavy atom. The summed E-state index contributed by atoms with van der Waals surface area (Å²) in [4.78, 5) is 0. The third-order valence-electron chi connectivity index (χ3n) is 1.54. The first kappa shape index (κ1) is 13.8. The number of rotatable bonds is 8. The molecule has 6 nitrogen and oxygen atoms in total. The fraction of sp³-hybridized carbons (Fsp3) is 1.00. The van der Waals surface area contributed by atoms with Crippen molar-refractivity contribution >= 4 is 10.2 Å². The van der Waals surface area contributed by atoms with Crippen molar-refractivity contribution in [2.45, 2.75) is 19.4 Å². The van der Waals surface area contributed by atoms with Gasteiger partial charge in [-0.25, -0.2) is 4.72 Å². The van der Waals surface area contributed by atoms with Crippen LogP contribution in [0.1, 0.15) is 13.3 Å². The zero-order valence-corrected chi connectivity index (χ0v) is 9.43. The molecule has 0 saturated carbocycles. The highest BCUT2D eigenvalue weighted by Gasteiger charge is 2.15. The number of hydrogen-bond donors (Lipinski definition) is 3. The minimum atomic E-state index is -3.41. The lowest BCUT2D eigenvalue weighted by molar-refractivity contribution is 0.172. The van der Waals surface area contributed by atoms with Gasteiger partial charge in [-0.1, -0.05) is 6.92 Å². The minimum absolute atomic E-state index is 0.269. The highest BCUT2D eigenvalue weighted by atomic mass is 32.2. The van der Waals surface area contributed by atoms with Crippen molar-refractivity contribution in [3.8, 4) is 0 Å². The quantitative estimate of drug-likeness (QED) is 0.483. The molecular formula is C7H19N3O3S. The van der Waals surface area contributed by atoms with Gasteiger partial charge in [0.1, 0.15) is 0 Å². The monoisotopic (exact) mass is 225 g/mol. The number of hydrogen-bond acceptors (Lipinski definition) is 4. The van der Waals surface area contributed by atoms with Gasteiger partial charge in [0.05, 0.1) is 6.61 Å². The van der Waals surface area contributed by atoms with Gasteiger partial charge in [-0.3, -0.25) is 0 Å². The molecule has 0 rings (SSSR count). The standard InChI is InChI=1S/C7H19N3O3S/c1-3-9-14(11,12)10-7(4-5-8)6-13-2/h7,9-10H,3-6,8H2,1-2H3. The molecule has 0 aliphatic carbocycles. The molecule has 0 radical (unpaired) electrons. The lowest BCUT2D eigenvalue weighted by Crippen LogP contribution is -2.45. The maximum absolute atomic E-state index is 11.3. The average molecular weight is 225 g/mol. The van der Waals surface area contributed by atoms with Gasteiger partial charge in [0.25, 0.3) is 10.2 Å². The maximum Gasteiger partial charge on any atom is 0.277 e. The number of ether oxygens (including phenoxy) is 1. The van der Waals surface area contributed by atoms with Crippen LogP contribution in [-0.2, 0) is 14.9 Å². The molecule has 0 aromatic carbocycles. The van der Waals surface area contributed by atoms with Crippen LogP contribution in [0.2, 0.25) is 0 Å². The fourth-order valence-electron chi connectivity index (χ4n) is 1.03. The topological polar surface area (TPSA) is 93.5 Å². The van der Waals surface area contributed by atoms with E-state index >= 15 is 0 Å². The van der Waals surface area contributed by atoms with Crippen LogP contribution in [0.4, 0.5) is 0 Å². The van der Waals surface area contributed by atoms with E-state index in [4.69, 9.17) is 10.5 Å². The van der Waals surface area contributed by atoms with E-state index in [2.05, 4.69) is 9.44 Å². The highest BCUT2D eigenvalue weighted by Crippen LogP contribution is 1.93. The Labute approximate surface area is 85.4 Å². The molecule has 1 atom stereocenters. The molecule has 0 saturated heterocycles. The van der Waals surface area contributed by atoms with Crippen LogP contribution in [-0.4, -0.2) is 41.3 Å². The third-order valence-corrected chi connectivity index (χ3v) is 2.85. The molecule has 86 valence electrons. The molecule has 0 aliphatic heterocycles. The summed E-state index contributed by atoms with van der Waals surface area (Å²) in [6.45, 7) is 2.82. The van der Waals surface area contributed by atoms with E-state index < -0.39 is 10.2 Å². The van der Waals surface area contributed by atoms with Crippen molar-refractivity contribution in [2.24, 2.45) is 5.73 Å². The molecule has 0 fully saturated rings. The molecule has 0 heterocycles. The summed E-state index contributed by atoms with van der Waals surface area (Å²) in [5.74, 6) is 0. The van der Waals surface area contributed by atoms with Gasteiger partial charge in [0, 0.05) is 19.7 Å². The van der Waals surface area contributed by atoms with Crippen LogP contribution >= 0.6 is 0 Å². The molecule has 0 aromatic heterocycles. The summed E-state index contributed by atoms with van der Waals surface area (Å²) < 4.78 is 32.2. The smallest absolute Gasteiger partial charge is 0.277 e. The highest BCUT2D eigenvalue weighted by molar-refractivity contribution is 7.87. The maximum atomic E-state index is 11.3. The normalized spacial score (nSPS) is 14.2. The van der Waals surface area contributed by atoms with E-state index in [1.54, 1.807) is 6.92 Å². The Hall–Kier alpha value is -0.210. The molecule has 1 unspecified atom stereocenters. The van der Waals surface area contributed by atoms with Gasteiger partial charge in [-0.15, -0.1) is 0 Å². The van der Waals surface area contributed by atoms with Crippen molar-refractivity contribution in [2.75, 3.05) is 26.8 Å². The van der Waals surface area contributed by atoms with Crippen molar-refractivity contribution in [1.29, 1.82) is 0 Å². The van der Waals surface area contributed by atoms with E-state index in [1.165, 1.54) is 7.11 Å². The third kappa shape index (κ3) is 6.28. The van der Waals surface area contributed by atoms with Crippen molar-refractivity contribution in [1.82, 2.24) is 9.44 Å². The first-order chi connectivity index (χ1) is 6.55. The number of nitrogens with two attached hydrogens (primary N) is 1. The predicted molar refractivity (Wildman–Crippen MR) is 55.1 cm³/mol. The Bertz CT molecular complexity index is 224. The van der Waals surface area contributed by atoms with Crippen LogP contribution in [0.25, 0.3) is 0 Å². The van der Waals surface area contributed by atoms with E-state index in [-0.39, 0.29) is 6.04 Å². The first-order valence-electron chi connectivity index (χ1n) is 4.51. The summed E-state index contributed by atoms with van der Waals surface area (Å²) in [7, 11) is -1.89. The van der Waals surface area contributed by atoms with Crippen LogP contribution < -0.4 is 15.2 Å².